The monoisotopic (exact) mass is 469 g/mol. The van der Waals surface area contributed by atoms with E-state index in [-0.39, 0.29) is 47.2 Å². The van der Waals surface area contributed by atoms with Gasteiger partial charge >= 0.3 is 5.97 Å². The number of aryl methyl sites for hydroxylation is 1. The maximum atomic E-state index is 14.7. The van der Waals surface area contributed by atoms with Crippen molar-refractivity contribution in [3.63, 3.8) is 0 Å². The van der Waals surface area contributed by atoms with Crippen LogP contribution >= 0.6 is 0 Å². The number of carbonyl (C=O) groups is 2. The van der Waals surface area contributed by atoms with E-state index in [1.165, 1.54) is 41.0 Å². The minimum absolute atomic E-state index is 0.00513. The second kappa shape index (κ2) is 9.26. The quantitative estimate of drug-likeness (QED) is 0.370. The highest BCUT2D eigenvalue weighted by atomic mass is 19.1. The van der Waals surface area contributed by atoms with E-state index in [1.54, 1.807) is 0 Å². The Balaban J connectivity index is 1.62. The Morgan fingerprint density at radius 3 is 2.24 bits per heavy atom. The number of amides is 1. The first-order chi connectivity index (χ1) is 16.2. The number of nitrogens with one attached hydrogen (secondary N) is 1. The summed E-state index contributed by atoms with van der Waals surface area (Å²) in [6, 6.07) is 9.87. The van der Waals surface area contributed by atoms with Crippen molar-refractivity contribution in [2.45, 2.75) is 19.4 Å². The number of carboxylic acid groups (broad SMARTS) is 1. The Bertz CT molecular complexity index is 1380. The van der Waals surface area contributed by atoms with E-state index < -0.39 is 35.2 Å². The van der Waals surface area contributed by atoms with Gasteiger partial charge in [0.15, 0.2) is 0 Å². The van der Waals surface area contributed by atoms with Crippen LogP contribution in [0.25, 0.3) is 10.8 Å². The summed E-state index contributed by atoms with van der Waals surface area (Å²) in [5.41, 5.74) is 0.723. The van der Waals surface area contributed by atoms with Crippen LogP contribution < -0.4 is 5.32 Å². The summed E-state index contributed by atoms with van der Waals surface area (Å²) in [6.07, 6.45) is 0.869. The van der Waals surface area contributed by atoms with Crippen molar-refractivity contribution >= 4 is 28.5 Å². The number of hydrogen-bond donors (Lipinski definition) is 3. The lowest BCUT2D eigenvalue weighted by Crippen LogP contribution is -2.15. The Morgan fingerprint density at radius 1 is 0.941 bits per heavy atom. The van der Waals surface area contributed by atoms with Gasteiger partial charge in [0, 0.05) is 23.7 Å². The minimum Gasteiger partial charge on any atom is -0.494 e. The van der Waals surface area contributed by atoms with Crippen LogP contribution in [0.4, 0.5) is 19.0 Å². The lowest BCUT2D eigenvalue weighted by Gasteiger charge is -2.12. The van der Waals surface area contributed by atoms with Crippen molar-refractivity contribution in [3.8, 4) is 5.88 Å². The second-order valence-corrected chi connectivity index (χ2v) is 7.55. The van der Waals surface area contributed by atoms with Gasteiger partial charge in [-0.1, -0.05) is 12.1 Å². The summed E-state index contributed by atoms with van der Waals surface area (Å²) >= 11 is 0. The zero-order valence-electron chi connectivity index (χ0n) is 17.6. The number of aromatic carboxylic acids is 1. The summed E-state index contributed by atoms with van der Waals surface area (Å²) in [5, 5.41) is 21.7. The van der Waals surface area contributed by atoms with Crippen molar-refractivity contribution in [2.24, 2.45) is 0 Å². The SMILES string of the molecule is O=C(CCc1c2c(F)ccc(F)c2c(O)n1Cc1ccc(F)cc1)Nc1ccc(C(=O)O)cn1. The van der Waals surface area contributed by atoms with E-state index in [9.17, 15) is 27.9 Å². The Morgan fingerprint density at radius 2 is 1.62 bits per heavy atom. The van der Waals surface area contributed by atoms with Gasteiger partial charge in [0.05, 0.1) is 17.5 Å². The summed E-state index contributed by atoms with van der Waals surface area (Å²) in [5.74, 6) is -4.07. The molecule has 0 saturated carbocycles. The predicted octanol–water partition coefficient (Wildman–Crippen LogP) is 4.48. The summed E-state index contributed by atoms with van der Waals surface area (Å²) in [7, 11) is 0. The Kier molecular flexibility index (Phi) is 6.22. The molecule has 174 valence electrons. The third-order valence-corrected chi connectivity index (χ3v) is 5.32. The fourth-order valence-corrected chi connectivity index (χ4v) is 3.68. The van der Waals surface area contributed by atoms with E-state index in [0.717, 1.165) is 18.3 Å². The van der Waals surface area contributed by atoms with E-state index in [4.69, 9.17) is 5.11 Å². The van der Waals surface area contributed by atoms with Crippen LogP contribution in [0.3, 0.4) is 0 Å². The first-order valence-electron chi connectivity index (χ1n) is 10.2. The molecule has 4 rings (SSSR count). The van der Waals surface area contributed by atoms with Gasteiger partial charge in [-0.2, -0.15) is 0 Å². The van der Waals surface area contributed by atoms with E-state index in [0.29, 0.717) is 5.56 Å². The molecule has 7 nitrogen and oxygen atoms in total. The third kappa shape index (κ3) is 4.56. The topological polar surface area (TPSA) is 104 Å². The molecule has 0 fully saturated rings. The van der Waals surface area contributed by atoms with Gasteiger partial charge in [-0.05, 0) is 48.4 Å². The number of rotatable bonds is 7. The van der Waals surface area contributed by atoms with E-state index in [1.807, 2.05) is 0 Å². The fourth-order valence-electron chi connectivity index (χ4n) is 3.68. The van der Waals surface area contributed by atoms with Gasteiger partial charge in [0.25, 0.3) is 0 Å². The van der Waals surface area contributed by atoms with Gasteiger partial charge in [0.1, 0.15) is 23.3 Å². The zero-order chi connectivity index (χ0) is 24.4. The first kappa shape index (κ1) is 22.8. The highest BCUT2D eigenvalue weighted by molar-refractivity contribution is 5.94. The Labute approximate surface area is 191 Å². The summed E-state index contributed by atoms with van der Waals surface area (Å²) < 4.78 is 43.7. The van der Waals surface area contributed by atoms with Crippen LogP contribution in [0.15, 0.2) is 54.7 Å². The molecular weight excluding hydrogens is 451 g/mol. The molecule has 0 bridgehead atoms. The molecule has 10 heteroatoms. The minimum atomic E-state index is -1.16. The number of fused-ring (bicyclic) bond motifs is 1. The number of carbonyl (C=O) groups excluding carboxylic acids is 1. The van der Waals surface area contributed by atoms with Crippen molar-refractivity contribution in [3.05, 3.63) is 89.0 Å². The molecule has 2 heterocycles. The molecule has 0 radical (unpaired) electrons. The second-order valence-electron chi connectivity index (χ2n) is 7.55. The standard InChI is InChI=1S/C24H18F3N3O4/c25-15-4-1-13(2-5-15)12-30-18(21-16(26)6-7-17(27)22(21)23(30)32)8-10-20(31)29-19-9-3-14(11-28-19)24(33)34/h1-7,9,11,32H,8,10,12H2,(H,33,34)(H,28,29,31). The molecular formula is C24H18F3N3O4. The third-order valence-electron chi connectivity index (χ3n) is 5.32. The number of pyridine rings is 1. The molecule has 1 amide bonds. The molecule has 0 spiro atoms. The van der Waals surface area contributed by atoms with Crippen molar-refractivity contribution in [1.29, 1.82) is 0 Å². The van der Waals surface area contributed by atoms with Crippen molar-refractivity contribution in [2.75, 3.05) is 5.32 Å². The maximum absolute atomic E-state index is 14.7. The number of halogens is 3. The van der Waals surface area contributed by atoms with Gasteiger partial charge in [0.2, 0.25) is 11.8 Å². The Hall–Kier alpha value is -4.34. The van der Waals surface area contributed by atoms with Crippen LogP contribution in [-0.4, -0.2) is 31.6 Å². The smallest absolute Gasteiger partial charge is 0.337 e. The van der Waals surface area contributed by atoms with Crippen LogP contribution in [0.1, 0.15) is 28.0 Å². The van der Waals surface area contributed by atoms with Crippen molar-refractivity contribution in [1.82, 2.24) is 9.55 Å². The predicted molar refractivity (Wildman–Crippen MR) is 117 cm³/mol. The van der Waals surface area contributed by atoms with Crippen LogP contribution in [0.5, 0.6) is 5.88 Å². The molecule has 0 aliphatic heterocycles. The molecule has 0 saturated heterocycles. The molecule has 0 unspecified atom stereocenters. The summed E-state index contributed by atoms with van der Waals surface area (Å²) in [6.45, 7) is -0.00513. The molecule has 2 aromatic carbocycles. The highest BCUT2D eigenvalue weighted by Crippen LogP contribution is 2.36. The van der Waals surface area contributed by atoms with E-state index in [2.05, 4.69) is 10.3 Å². The molecule has 4 aromatic rings. The van der Waals surface area contributed by atoms with Crippen LogP contribution in [-0.2, 0) is 17.8 Å². The average Bonchev–Trinajstić information content (AvgIpc) is 3.09. The maximum Gasteiger partial charge on any atom is 0.337 e. The number of nitrogens with zero attached hydrogens (tertiary/aromatic N) is 2. The number of carboxylic acids is 1. The number of hydrogen-bond acceptors (Lipinski definition) is 4. The molecule has 0 atom stereocenters. The fraction of sp³-hybridized carbons (Fsp3) is 0.125. The molecule has 0 aliphatic carbocycles. The average molecular weight is 469 g/mol. The normalized spacial score (nSPS) is 11.0. The molecule has 0 aliphatic rings. The number of benzene rings is 2. The first-order valence-corrected chi connectivity index (χ1v) is 10.2. The lowest BCUT2D eigenvalue weighted by atomic mass is 10.1. The lowest BCUT2D eigenvalue weighted by molar-refractivity contribution is -0.116. The molecule has 34 heavy (non-hydrogen) atoms. The summed E-state index contributed by atoms with van der Waals surface area (Å²) in [4.78, 5) is 27.2. The van der Waals surface area contributed by atoms with Gasteiger partial charge in [-0.15, -0.1) is 0 Å². The van der Waals surface area contributed by atoms with E-state index >= 15 is 0 Å². The number of aromatic hydroxyl groups is 1. The van der Waals surface area contributed by atoms with Crippen LogP contribution in [0.2, 0.25) is 0 Å². The van der Waals surface area contributed by atoms with Crippen LogP contribution in [0, 0.1) is 17.5 Å². The van der Waals surface area contributed by atoms with Gasteiger partial charge in [-0.3, -0.25) is 4.79 Å². The highest BCUT2D eigenvalue weighted by Gasteiger charge is 2.23. The molecule has 3 N–H and O–H groups in total. The van der Waals surface area contributed by atoms with Crippen molar-refractivity contribution < 1.29 is 33.0 Å². The number of anilines is 1. The zero-order valence-corrected chi connectivity index (χ0v) is 17.6. The van der Waals surface area contributed by atoms with Gasteiger partial charge in [-0.25, -0.2) is 22.9 Å². The largest absolute Gasteiger partial charge is 0.494 e. The van der Waals surface area contributed by atoms with Gasteiger partial charge < -0.3 is 20.1 Å². The molecule has 2 aromatic heterocycles. The number of aromatic nitrogens is 2.